The molecule has 0 radical (unpaired) electrons. The summed E-state index contributed by atoms with van der Waals surface area (Å²) < 4.78 is 7.11. The van der Waals surface area contributed by atoms with E-state index in [-0.39, 0.29) is 22.6 Å². The van der Waals surface area contributed by atoms with Crippen LogP contribution in [-0.4, -0.2) is 21.2 Å². The van der Waals surface area contributed by atoms with Crippen molar-refractivity contribution in [2.45, 2.75) is 19.8 Å². The smallest absolute Gasteiger partial charge is 0.296 e. The minimum absolute atomic E-state index is 0.200. The van der Waals surface area contributed by atoms with Crippen molar-refractivity contribution in [3.8, 4) is 5.75 Å². The number of hydrogen-bond donors (Lipinski definition) is 0. The van der Waals surface area contributed by atoms with E-state index in [0.717, 1.165) is 33.6 Å². The van der Waals surface area contributed by atoms with Gasteiger partial charge in [-0.05, 0) is 47.9 Å². The van der Waals surface area contributed by atoms with E-state index in [1.54, 1.807) is 24.3 Å². The zero-order valence-corrected chi connectivity index (χ0v) is 18.8. The monoisotopic (exact) mass is 473 g/mol. The SMILES string of the molecule is CCCOc1ccc(Cc2nn3c(=O)c(=Cc4ccc(Cl)cc4Cl)sc3nc2=O)cc1. The van der Waals surface area contributed by atoms with Crippen molar-refractivity contribution < 1.29 is 4.74 Å². The molecule has 0 atom stereocenters. The van der Waals surface area contributed by atoms with Gasteiger partial charge in [-0.1, -0.05) is 59.7 Å². The summed E-state index contributed by atoms with van der Waals surface area (Å²) in [6.45, 7) is 2.69. The number of ether oxygens (including phenoxy) is 1. The minimum Gasteiger partial charge on any atom is -0.494 e. The molecule has 0 amide bonds. The third-order valence-corrected chi connectivity index (χ3v) is 5.99. The lowest BCUT2D eigenvalue weighted by Crippen LogP contribution is -2.28. The molecular weight excluding hydrogens is 457 g/mol. The Morgan fingerprint density at radius 1 is 1.13 bits per heavy atom. The number of fused-ring (bicyclic) bond motifs is 1. The van der Waals surface area contributed by atoms with Crippen LogP contribution in [0.4, 0.5) is 0 Å². The molecule has 0 unspecified atom stereocenters. The second-order valence-corrected chi connectivity index (χ2v) is 8.66. The first kappa shape index (κ1) is 21.5. The van der Waals surface area contributed by atoms with Crippen molar-refractivity contribution in [1.29, 1.82) is 0 Å². The van der Waals surface area contributed by atoms with Crippen molar-refractivity contribution >= 4 is 45.6 Å². The Bertz CT molecular complexity index is 1420. The molecule has 31 heavy (non-hydrogen) atoms. The quantitative estimate of drug-likeness (QED) is 0.426. The van der Waals surface area contributed by atoms with E-state index in [1.807, 2.05) is 31.2 Å². The molecule has 0 saturated heterocycles. The summed E-state index contributed by atoms with van der Waals surface area (Å²) in [7, 11) is 0. The molecule has 4 aromatic rings. The Balaban J connectivity index is 1.68. The van der Waals surface area contributed by atoms with Crippen molar-refractivity contribution in [1.82, 2.24) is 14.6 Å². The van der Waals surface area contributed by atoms with Crippen molar-refractivity contribution in [2.75, 3.05) is 6.61 Å². The third-order valence-electron chi connectivity index (χ3n) is 4.47. The first-order chi connectivity index (χ1) is 14.9. The van der Waals surface area contributed by atoms with Gasteiger partial charge in [0.25, 0.3) is 11.1 Å². The predicted molar refractivity (Wildman–Crippen MR) is 124 cm³/mol. The number of rotatable bonds is 6. The molecule has 9 heteroatoms. The van der Waals surface area contributed by atoms with Gasteiger partial charge in [0, 0.05) is 16.5 Å². The highest BCUT2D eigenvalue weighted by molar-refractivity contribution is 7.15. The summed E-state index contributed by atoms with van der Waals surface area (Å²) >= 11 is 13.2. The van der Waals surface area contributed by atoms with Gasteiger partial charge in [0.15, 0.2) is 0 Å². The number of thiazole rings is 1. The Morgan fingerprint density at radius 2 is 1.90 bits per heavy atom. The zero-order valence-electron chi connectivity index (χ0n) is 16.5. The van der Waals surface area contributed by atoms with Gasteiger partial charge in [0.1, 0.15) is 11.4 Å². The maximum atomic E-state index is 12.8. The molecular formula is C22H17Cl2N3O3S. The van der Waals surface area contributed by atoms with Gasteiger partial charge in [0.05, 0.1) is 11.1 Å². The van der Waals surface area contributed by atoms with Crippen LogP contribution in [0.3, 0.4) is 0 Å². The molecule has 0 spiro atoms. The van der Waals surface area contributed by atoms with Crippen molar-refractivity contribution in [2.24, 2.45) is 0 Å². The molecule has 6 nitrogen and oxygen atoms in total. The highest BCUT2D eigenvalue weighted by atomic mass is 35.5. The average Bonchev–Trinajstić information content (AvgIpc) is 3.04. The second kappa shape index (κ2) is 9.18. The van der Waals surface area contributed by atoms with E-state index in [1.165, 1.54) is 0 Å². The number of aromatic nitrogens is 3. The largest absolute Gasteiger partial charge is 0.494 e. The van der Waals surface area contributed by atoms with Crippen LogP contribution in [0.15, 0.2) is 52.1 Å². The van der Waals surface area contributed by atoms with E-state index >= 15 is 0 Å². The van der Waals surface area contributed by atoms with Crippen LogP contribution in [0.1, 0.15) is 30.2 Å². The fourth-order valence-electron chi connectivity index (χ4n) is 2.93. The predicted octanol–water partition coefficient (Wildman–Crippen LogP) is 3.75. The van der Waals surface area contributed by atoms with Crippen LogP contribution < -0.4 is 20.4 Å². The fourth-order valence-corrected chi connectivity index (χ4v) is 4.29. The summed E-state index contributed by atoms with van der Waals surface area (Å²) in [6, 6.07) is 12.4. The molecule has 0 aliphatic heterocycles. The number of nitrogens with zero attached hydrogens (tertiary/aromatic N) is 3. The first-order valence-electron chi connectivity index (χ1n) is 9.56. The van der Waals surface area contributed by atoms with Crippen LogP contribution in [0.25, 0.3) is 11.0 Å². The van der Waals surface area contributed by atoms with Gasteiger partial charge >= 0.3 is 0 Å². The van der Waals surface area contributed by atoms with Crippen molar-refractivity contribution in [3.05, 3.63) is 94.6 Å². The molecule has 0 bridgehead atoms. The standard InChI is InChI=1S/C22H17Cl2N3O3S/c1-2-9-30-16-7-3-13(4-8-16)10-18-20(28)25-22-27(26-18)21(29)19(31-22)11-14-5-6-15(23)12-17(14)24/h3-8,11-12H,2,9-10H2,1H3. The molecule has 2 aromatic heterocycles. The molecule has 2 aromatic carbocycles. The van der Waals surface area contributed by atoms with Crippen LogP contribution in [0, 0.1) is 0 Å². The van der Waals surface area contributed by atoms with Crippen molar-refractivity contribution in [3.63, 3.8) is 0 Å². The summed E-state index contributed by atoms with van der Waals surface area (Å²) in [4.78, 5) is 29.6. The highest BCUT2D eigenvalue weighted by Crippen LogP contribution is 2.21. The second-order valence-electron chi connectivity index (χ2n) is 6.81. The molecule has 4 rings (SSSR count). The molecule has 2 heterocycles. The van der Waals surface area contributed by atoms with Gasteiger partial charge in [0.2, 0.25) is 4.96 Å². The van der Waals surface area contributed by atoms with Gasteiger partial charge in [-0.3, -0.25) is 9.59 Å². The van der Waals surface area contributed by atoms with Gasteiger partial charge < -0.3 is 4.74 Å². The highest BCUT2D eigenvalue weighted by Gasteiger charge is 2.12. The van der Waals surface area contributed by atoms with Gasteiger partial charge in [-0.2, -0.15) is 14.6 Å². The summed E-state index contributed by atoms with van der Waals surface area (Å²) in [5, 5.41) is 5.20. The van der Waals surface area contributed by atoms with Crippen LogP contribution in [-0.2, 0) is 6.42 Å². The zero-order chi connectivity index (χ0) is 22.0. The topological polar surface area (TPSA) is 73.6 Å². The Hall–Kier alpha value is -2.74. The molecule has 0 aliphatic carbocycles. The lowest BCUT2D eigenvalue weighted by Gasteiger charge is -2.05. The Morgan fingerprint density at radius 3 is 2.61 bits per heavy atom. The number of halogens is 2. The minimum atomic E-state index is -0.455. The molecule has 0 fully saturated rings. The van der Waals surface area contributed by atoms with Gasteiger partial charge in [-0.25, -0.2) is 0 Å². The lowest BCUT2D eigenvalue weighted by molar-refractivity contribution is 0.317. The average molecular weight is 474 g/mol. The molecule has 0 saturated carbocycles. The van der Waals surface area contributed by atoms with E-state index in [9.17, 15) is 9.59 Å². The Labute approximate surface area is 191 Å². The van der Waals surface area contributed by atoms with Crippen LogP contribution >= 0.6 is 34.5 Å². The molecule has 0 aliphatic rings. The summed E-state index contributed by atoms with van der Waals surface area (Å²) in [5.41, 5.74) is 0.901. The molecule has 158 valence electrons. The van der Waals surface area contributed by atoms with Gasteiger partial charge in [-0.15, -0.1) is 0 Å². The van der Waals surface area contributed by atoms with E-state index in [0.29, 0.717) is 26.7 Å². The summed E-state index contributed by atoms with van der Waals surface area (Å²) in [5.74, 6) is 0.768. The maximum Gasteiger partial charge on any atom is 0.296 e. The third kappa shape index (κ3) is 4.79. The first-order valence-corrected chi connectivity index (χ1v) is 11.1. The number of hydrogen-bond acceptors (Lipinski definition) is 6. The normalized spacial score (nSPS) is 11.9. The molecule has 0 N–H and O–H groups in total. The Kier molecular flexibility index (Phi) is 6.36. The van der Waals surface area contributed by atoms with E-state index in [4.69, 9.17) is 27.9 Å². The van der Waals surface area contributed by atoms with E-state index < -0.39 is 5.56 Å². The lowest BCUT2D eigenvalue weighted by atomic mass is 10.1. The summed E-state index contributed by atoms with van der Waals surface area (Å²) in [6.07, 6.45) is 2.83. The van der Waals surface area contributed by atoms with Crippen LogP contribution in [0.2, 0.25) is 10.0 Å². The maximum absolute atomic E-state index is 12.8. The fraction of sp³-hybridized carbons (Fsp3) is 0.182. The van der Waals surface area contributed by atoms with E-state index in [2.05, 4.69) is 10.1 Å². The van der Waals surface area contributed by atoms with Crippen LogP contribution in [0.5, 0.6) is 5.75 Å². The number of benzene rings is 2.